The molecule has 0 fully saturated rings. The fourth-order valence-electron chi connectivity index (χ4n) is 4.23. The van der Waals surface area contributed by atoms with Gasteiger partial charge in [-0.3, -0.25) is 0 Å². The Morgan fingerprint density at radius 1 is 0.967 bits per heavy atom. The van der Waals surface area contributed by atoms with Crippen molar-refractivity contribution in [2.24, 2.45) is 16.7 Å². The topological polar surface area (TPSA) is 35.5 Å². The van der Waals surface area contributed by atoms with Gasteiger partial charge < -0.3 is 9.47 Å². The summed E-state index contributed by atoms with van der Waals surface area (Å²) in [4.78, 5) is 12.5. The molecule has 0 aromatic carbocycles. The number of carbonyl (C=O) groups is 1. The standard InChI is InChI=1S/C27H50O3/c1-12-14-16-23(15-13-2)22(4)29-24(28)30-27(10,11)20-26(8,9)18-17-21(3)19-25(5,6)7/h17-19,22-23H,12-16,20H2,1-11H3/b18-17-,21-19+. The summed E-state index contributed by atoms with van der Waals surface area (Å²) in [6.07, 6.45) is 12.3. The Balaban J connectivity index is 4.91. The number of rotatable bonds is 12. The first-order valence-corrected chi connectivity index (χ1v) is 11.9. The Bertz CT molecular complexity index is 561. The number of unbranched alkanes of at least 4 members (excludes halogenated alkanes) is 1. The molecule has 0 aliphatic carbocycles. The van der Waals surface area contributed by atoms with Crippen LogP contribution in [0.5, 0.6) is 0 Å². The van der Waals surface area contributed by atoms with Crippen molar-refractivity contribution in [3.63, 3.8) is 0 Å². The van der Waals surface area contributed by atoms with Gasteiger partial charge in [0.1, 0.15) is 11.7 Å². The minimum absolute atomic E-state index is 0.103. The lowest BCUT2D eigenvalue weighted by Crippen LogP contribution is -2.35. The summed E-state index contributed by atoms with van der Waals surface area (Å²) in [5.41, 5.74) is 0.704. The fourth-order valence-corrected chi connectivity index (χ4v) is 4.23. The summed E-state index contributed by atoms with van der Waals surface area (Å²) in [6.45, 7) is 23.4. The Hall–Kier alpha value is -1.25. The van der Waals surface area contributed by atoms with E-state index >= 15 is 0 Å². The highest BCUT2D eigenvalue weighted by Gasteiger charge is 2.32. The van der Waals surface area contributed by atoms with Crippen molar-refractivity contribution in [2.75, 3.05) is 0 Å². The molecule has 30 heavy (non-hydrogen) atoms. The van der Waals surface area contributed by atoms with Crippen molar-refractivity contribution in [3.8, 4) is 0 Å². The summed E-state index contributed by atoms with van der Waals surface area (Å²) >= 11 is 0. The van der Waals surface area contributed by atoms with Crippen LogP contribution in [0, 0.1) is 16.7 Å². The molecule has 3 heteroatoms. The van der Waals surface area contributed by atoms with Gasteiger partial charge in [-0.25, -0.2) is 4.79 Å². The zero-order valence-electron chi connectivity index (χ0n) is 21.9. The smallest absolute Gasteiger partial charge is 0.431 e. The largest absolute Gasteiger partial charge is 0.509 e. The maximum Gasteiger partial charge on any atom is 0.509 e. The van der Waals surface area contributed by atoms with Crippen molar-refractivity contribution in [1.29, 1.82) is 0 Å². The van der Waals surface area contributed by atoms with E-state index in [4.69, 9.17) is 9.47 Å². The van der Waals surface area contributed by atoms with Gasteiger partial charge in [-0.05, 0) is 63.7 Å². The van der Waals surface area contributed by atoms with E-state index in [1.807, 2.05) is 20.8 Å². The van der Waals surface area contributed by atoms with Gasteiger partial charge in [0.2, 0.25) is 0 Å². The van der Waals surface area contributed by atoms with Gasteiger partial charge in [-0.1, -0.05) is 91.5 Å². The van der Waals surface area contributed by atoms with Gasteiger partial charge in [0.15, 0.2) is 0 Å². The lowest BCUT2D eigenvalue weighted by atomic mass is 9.81. The normalized spacial score (nSPS) is 15.9. The van der Waals surface area contributed by atoms with Gasteiger partial charge in [0.05, 0.1) is 0 Å². The molecule has 2 atom stereocenters. The molecule has 0 amide bonds. The van der Waals surface area contributed by atoms with Crippen LogP contribution in [0.1, 0.15) is 115 Å². The molecule has 0 bridgehead atoms. The molecule has 0 radical (unpaired) electrons. The maximum atomic E-state index is 12.5. The van der Waals surface area contributed by atoms with E-state index in [-0.39, 0.29) is 16.9 Å². The van der Waals surface area contributed by atoms with E-state index in [9.17, 15) is 4.79 Å². The van der Waals surface area contributed by atoms with Crippen LogP contribution in [0.15, 0.2) is 23.8 Å². The van der Waals surface area contributed by atoms with Crippen LogP contribution < -0.4 is 0 Å². The molecule has 0 heterocycles. The molecule has 2 unspecified atom stereocenters. The number of ether oxygens (including phenoxy) is 2. The van der Waals surface area contributed by atoms with Crippen molar-refractivity contribution >= 4 is 6.16 Å². The average Bonchev–Trinajstić information content (AvgIpc) is 2.53. The number of carbonyl (C=O) groups excluding carboxylic acids is 1. The van der Waals surface area contributed by atoms with E-state index in [1.165, 1.54) is 12.0 Å². The summed E-state index contributed by atoms with van der Waals surface area (Å²) < 4.78 is 11.4. The van der Waals surface area contributed by atoms with Gasteiger partial charge >= 0.3 is 6.16 Å². The third-order valence-electron chi connectivity index (χ3n) is 5.23. The van der Waals surface area contributed by atoms with Crippen LogP contribution in [0.4, 0.5) is 4.79 Å². The molecule has 0 spiro atoms. The Morgan fingerprint density at radius 3 is 2.07 bits per heavy atom. The maximum absolute atomic E-state index is 12.5. The van der Waals surface area contributed by atoms with E-state index < -0.39 is 11.8 Å². The van der Waals surface area contributed by atoms with Gasteiger partial charge in [0.25, 0.3) is 0 Å². The quantitative estimate of drug-likeness (QED) is 0.233. The minimum Gasteiger partial charge on any atom is -0.431 e. The van der Waals surface area contributed by atoms with Crippen LogP contribution >= 0.6 is 0 Å². The van der Waals surface area contributed by atoms with E-state index in [0.29, 0.717) is 5.92 Å². The molecule has 0 rings (SSSR count). The molecule has 0 aliphatic heterocycles. The predicted octanol–water partition coefficient (Wildman–Crippen LogP) is 8.88. The van der Waals surface area contributed by atoms with Crippen LogP contribution in [0.25, 0.3) is 0 Å². The summed E-state index contributed by atoms with van der Waals surface area (Å²) in [5.74, 6) is 0.405. The Morgan fingerprint density at radius 2 is 1.57 bits per heavy atom. The molecule has 176 valence electrons. The molecule has 0 aromatic heterocycles. The predicted molar refractivity (Wildman–Crippen MR) is 130 cm³/mol. The highest BCUT2D eigenvalue weighted by molar-refractivity contribution is 5.60. The number of hydrogen-bond acceptors (Lipinski definition) is 3. The summed E-state index contributed by atoms with van der Waals surface area (Å²) in [5, 5.41) is 0. The van der Waals surface area contributed by atoms with Crippen LogP contribution in [0.2, 0.25) is 0 Å². The zero-order chi connectivity index (χ0) is 23.6. The third-order valence-corrected chi connectivity index (χ3v) is 5.23. The second-order valence-electron chi connectivity index (χ2n) is 11.4. The van der Waals surface area contributed by atoms with E-state index in [1.54, 1.807) is 0 Å². The first-order valence-electron chi connectivity index (χ1n) is 11.9. The second-order valence-corrected chi connectivity index (χ2v) is 11.4. The van der Waals surface area contributed by atoms with Crippen molar-refractivity contribution < 1.29 is 14.3 Å². The van der Waals surface area contributed by atoms with Crippen molar-refractivity contribution in [3.05, 3.63) is 23.8 Å². The average molecular weight is 423 g/mol. The highest BCUT2D eigenvalue weighted by Crippen LogP contribution is 2.33. The van der Waals surface area contributed by atoms with E-state index in [0.717, 1.165) is 32.1 Å². The Labute approximate surface area is 187 Å². The van der Waals surface area contributed by atoms with Crippen molar-refractivity contribution in [2.45, 2.75) is 126 Å². The summed E-state index contributed by atoms with van der Waals surface area (Å²) in [6, 6.07) is 0. The van der Waals surface area contributed by atoms with Gasteiger partial charge in [-0.2, -0.15) is 0 Å². The minimum atomic E-state index is -0.601. The Kier molecular flexibility index (Phi) is 12.0. The molecule has 0 saturated heterocycles. The molecular formula is C27H50O3. The second kappa shape index (κ2) is 12.6. The molecule has 3 nitrogen and oxygen atoms in total. The number of allylic oxidation sites excluding steroid dienone is 4. The fraction of sp³-hybridized carbons (Fsp3) is 0.815. The van der Waals surface area contributed by atoms with Crippen LogP contribution in [-0.2, 0) is 9.47 Å². The zero-order valence-corrected chi connectivity index (χ0v) is 21.9. The molecule has 0 saturated carbocycles. The highest BCUT2D eigenvalue weighted by atomic mass is 16.7. The SMILES string of the molecule is CCCCC(CCC)C(C)OC(=O)OC(C)(C)CC(C)(C)/C=C\C(C)=C\C(C)(C)C. The van der Waals surface area contributed by atoms with Crippen LogP contribution in [0.3, 0.4) is 0 Å². The molecule has 0 aliphatic rings. The van der Waals surface area contributed by atoms with Crippen molar-refractivity contribution in [1.82, 2.24) is 0 Å². The third kappa shape index (κ3) is 13.9. The monoisotopic (exact) mass is 422 g/mol. The van der Waals surface area contributed by atoms with Gasteiger partial charge in [0, 0.05) is 0 Å². The first kappa shape index (κ1) is 28.8. The van der Waals surface area contributed by atoms with Gasteiger partial charge in [-0.15, -0.1) is 0 Å². The van der Waals surface area contributed by atoms with E-state index in [2.05, 4.69) is 73.6 Å². The summed E-state index contributed by atoms with van der Waals surface area (Å²) in [7, 11) is 0. The molecule has 0 N–H and O–H groups in total. The molecule has 0 aromatic rings. The van der Waals surface area contributed by atoms with Crippen LogP contribution in [-0.4, -0.2) is 17.9 Å². The number of hydrogen-bond donors (Lipinski definition) is 0. The lowest BCUT2D eigenvalue weighted by molar-refractivity contribution is -0.0541. The first-order chi connectivity index (χ1) is 13.6. The lowest BCUT2D eigenvalue weighted by Gasteiger charge is -2.33. The molecular weight excluding hydrogens is 372 g/mol.